The molecule has 0 saturated heterocycles. The number of nitriles is 1. The molecule has 1 aromatic rings. The van der Waals surface area contributed by atoms with Gasteiger partial charge in [0.1, 0.15) is 6.07 Å². The second kappa shape index (κ2) is 3.76. The molecule has 0 atom stereocenters. The fourth-order valence-electron chi connectivity index (χ4n) is 0.778. The van der Waals surface area contributed by atoms with Crippen LogP contribution in [-0.2, 0) is 0 Å². The normalized spacial score (nSPS) is 8.69. The summed E-state index contributed by atoms with van der Waals surface area (Å²) in [4.78, 5) is 2.45. The summed E-state index contributed by atoms with van der Waals surface area (Å²) in [6, 6.07) is 4.07. The van der Waals surface area contributed by atoms with Crippen LogP contribution in [0, 0.1) is 17.1 Å². The Balaban J connectivity index is 3.49. The minimum Gasteiger partial charge on any atom is -0.204 e. The Labute approximate surface area is 77.8 Å². The van der Waals surface area contributed by atoms with Gasteiger partial charge >= 0.3 is 0 Å². The number of hydrogen-bond acceptors (Lipinski definition) is 2. The Morgan fingerprint density at radius 3 is 2.85 bits per heavy atom. The lowest BCUT2D eigenvalue weighted by Crippen LogP contribution is -1.84. The summed E-state index contributed by atoms with van der Waals surface area (Å²) in [5, 5.41) is 11.5. The molecule has 0 spiro atoms. The summed E-state index contributed by atoms with van der Waals surface area (Å²) < 4.78 is 13.0. The van der Waals surface area contributed by atoms with E-state index in [0.717, 1.165) is 0 Å². The smallest absolute Gasteiger partial charge is 0.159 e. The first kappa shape index (κ1) is 9.33. The molecule has 0 N–H and O–H groups in total. The zero-order valence-electron chi connectivity index (χ0n) is 6.20. The van der Waals surface area contributed by atoms with E-state index in [9.17, 15) is 4.39 Å². The van der Waals surface area contributed by atoms with Gasteiger partial charge in [0.15, 0.2) is 5.82 Å². The average molecular weight is 197 g/mol. The standard InChI is InChI=1S/C7H2ClFN4/c8-5-1-2-6(12-13-11)4(3-10)7(5)9/h1-2H. The largest absolute Gasteiger partial charge is 0.204 e. The van der Waals surface area contributed by atoms with E-state index in [2.05, 4.69) is 10.0 Å². The van der Waals surface area contributed by atoms with E-state index in [1.54, 1.807) is 6.07 Å². The Bertz CT molecular complexity index is 431. The molecule has 13 heavy (non-hydrogen) atoms. The summed E-state index contributed by atoms with van der Waals surface area (Å²) in [7, 11) is 0. The minimum absolute atomic E-state index is 0.0631. The lowest BCUT2D eigenvalue weighted by atomic mass is 10.2. The zero-order chi connectivity index (χ0) is 9.84. The number of hydrogen-bond donors (Lipinski definition) is 0. The topological polar surface area (TPSA) is 72.5 Å². The number of azide groups is 1. The van der Waals surface area contributed by atoms with Gasteiger partial charge in [-0.1, -0.05) is 16.7 Å². The van der Waals surface area contributed by atoms with Crippen LogP contribution in [-0.4, -0.2) is 0 Å². The Kier molecular flexibility index (Phi) is 2.70. The van der Waals surface area contributed by atoms with Crippen molar-refractivity contribution in [1.29, 1.82) is 5.26 Å². The predicted molar refractivity (Wildman–Crippen MR) is 44.9 cm³/mol. The molecule has 6 heteroatoms. The van der Waals surface area contributed by atoms with Crippen LogP contribution in [0.15, 0.2) is 17.2 Å². The van der Waals surface area contributed by atoms with Gasteiger partial charge in [-0.3, -0.25) is 0 Å². The Morgan fingerprint density at radius 1 is 1.62 bits per heavy atom. The van der Waals surface area contributed by atoms with E-state index in [1.165, 1.54) is 12.1 Å². The summed E-state index contributed by atoms with van der Waals surface area (Å²) in [5.74, 6) is -0.867. The van der Waals surface area contributed by atoms with Crippen molar-refractivity contribution in [1.82, 2.24) is 0 Å². The highest BCUT2D eigenvalue weighted by atomic mass is 35.5. The van der Waals surface area contributed by atoms with Crippen molar-refractivity contribution in [3.8, 4) is 6.07 Å². The molecule has 0 unspecified atom stereocenters. The predicted octanol–water partition coefficient (Wildman–Crippen LogP) is 3.29. The summed E-state index contributed by atoms with van der Waals surface area (Å²) >= 11 is 5.40. The maximum atomic E-state index is 13.0. The van der Waals surface area contributed by atoms with Gasteiger partial charge in [0, 0.05) is 4.91 Å². The number of nitrogens with zero attached hydrogens (tertiary/aromatic N) is 4. The highest BCUT2D eigenvalue weighted by Crippen LogP contribution is 2.26. The zero-order valence-corrected chi connectivity index (χ0v) is 6.96. The first-order chi connectivity index (χ1) is 6.20. The van der Waals surface area contributed by atoms with Crippen LogP contribution in [0.4, 0.5) is 10.1 Å². The first-order valence-corrected chi connectivity index (χ1v) is 3.51. The maximum Gasteiger partial charge on any atom is 0.159 e. The number of benzene rings is 1. The molecule has 1 aromatic carbocycles. The third kappa shape index (κ3) is 1.70. The van der Waals surface area contributed by atoms with E-state index in [-0.39, 0.29) is 16.3 Å². The van der Waals surface area contributed by atoms with E-state index in [4.69, 9.17) is 22.4 Å². The number of halogens is 2. The van der Waals surface area contributed by atoms with Gasteiger partial charge in [-0.05, 0) is 17.7 Å². The molecule has 1 rings (SSSR count). The molecule has 0 aliphatic rings. The molecule has 64 valence electrons. The minimum atomic E-state index is -0.867. The Morgan fingerprint density at radius 2 is 2.31 bits per heavy atom. The highest BCUT2D eigenvalue weighted by Gasteiger charge is 2.10. The molecular formula is C7H2ClFN4. The van der Waals surface area contributed by atoms with Gasteiger partial charge in [-0.25, -0.2) is 4.39 Å². The molecule has 0 aromatic heterocycles. The van der Waals surface area contributed by atoms with Gasteiger partial charge in [0.05, 0.1) is 16.3 Å². The van der Waals surface area contributed by atoms with E-state index in [0.29, 0.717) is 0 Å². The SMILES string of the molecule is N#Cc1c(N=[N+]=[N-])ccc(Cl)c1F. The second-order valence-corrected chi connectivity index (χ2v) is 2.46. The van der Waals surface area contributed by atoms with Crippen LogP contribution in [0.3, 0.4) is 0 Å². The van der Waals surface area contributed by atoms with Gasteiger partial charge < -0.3 is 0 Å². The van der Waals surface area contributed by atoms with Crippen molar-refractivity contribution >= 4 is 17.3 Å². The molecule has 0 bridgehead atoms. The van der Waals surface area contributed by atoms with Crippen LogP contribution >= 0.6 is 11.6 Å². The van der Waals surface area contributed by atoms with E-state index < -0.39 is 5.82 Å². The molecule has 0 fully saturated rings. The molecule has 0 amide bonds. The molecule has 0 aliphatic carbocycles. The monoisotopic (exact) mass is 196 g/mol. The fourth-order valence-corrected chi connectivity index (χ4v) is 0.936. The average Bonchev–Trinajstić information content (AvgIpc) is 2.12. The summed E-state index contributed by atoms with van der Waals surface area (Å²) in [5.41, 5.74) is 7.69. The van der Waals surface area contributed by atoms with Crippen molar-refractivity contribution in [2.45, 2.75) is 0 Å². The second-order valence-electron chi connectivity index (χ2n) is 2.06. The highest BCUT2D eigenvalue weighted by molar-refractivity contribution is 6.30. The van der Waals surface area contributed by atoms with Crippen LogP contribution in [0.2, 0.25) is 5.02 Å². The molecular weight excluding hydrogens is 195 g/mol. The van der Waals surface area contributed by atoms with Gasteiger partial charge in [0.25, 0.3) is 0 Å². The van der Waals surface area contributed by atoms with Crippen molar-refractivity contribution in [2.75, 3.05) is 0 Å². The molecule has 0 radical (unpaired) electrons. The van der Waals surface area contributed by atoms with E-state index in [1.807, 2.05) is 0 Å². The lowest BCUT2D eigenvalue weighted by molar-refractivity contribution is 0.624. The lowest BCUT2D eigenvalue weighted by Gasteiger charge is -1.98. The fraction of sp³-hybridized carbons (Fsp3) is 0. The van der Waals surface area contributed by atoms with Crippen LogP contribution < -0.4 is 0 Å². The van der Waals surface area contributed by atoms with Crippen LogP contribution in [0.25, 0.3) is 10.4 Å². The van der Waals surface area contributed by atoms with Crippen LogP contribution in [0.1, 0.15) is 5.56 Å². The number of rotatable bonds is 1. The van der Waals surface area contributed by atoms with Gasteiger partial charge in [0.2, 0.25) is 0 Å². The van der Waals surface area contributed by atoms with Crippen molar-refractivity contribution in [3.63, 3.8) is 0 Å². The Hall–Kier alpha value is -1.76. The van der Waals surface area contributed by atoms with Gasteiger partial charge in [-0.2, -0.15) is 5.26 Å². The van der Waals surface area contributed by atoms with Crippen molar-refractivity contribution in [3.05, 3.63) is 39.0 Å². The summed E-state index contributed by atoms with van der Waals surface area (Å²) in [6.07, 6.45) is 0. The third-order valence-electron chi connectivity index (χ3n) is 1.34. The first-order valence-electron chi connectivity index (χ1n) is 3.14. The van der Waals surface area contributed by atoms with Gasteiger partial charge in [-0.15, -0.1) is 0 Å². The molecule has 0 aliphatic heterocycles. The maximum absolute atomic E-state index is 13.0. The van der Waals surface area contributed by atoms with Crippen LogP contribution in [0.5, 0.6) is 0 Å². The molecule has 0 saturated carbocycles. The van der Waals surface area contributed by atoms with E-state index >= 15 is 0 Å². The third-order valence-corrected chi connectivity index (χ3v) is 1.63. The summed E-state index contributed by atoms with van der Waals surface area (Å²) in [6.45, 7) is 0. The molecule has 0 heterocycles. The molecule has 4 nitrogen and oxygen atoms in total. The van der Waals surface area contributed by atoms with Crippen molar-refractivity contribution in [2.24, 2.45) is 5.11 Å². The van der Waals surface area contributed by atoms with Crippen molar-refractivity contribution < 1.29 is 4.39 Å². The quantitative estimate of drug-likeness (QED) is 0.386.